The summed E-state index contributed by atoms with van der Waals surface area (Å²) in [7, 11) is 0. The van der Waals surface area contributed by atoms with Gasteiger partial charge in [-0.05, 0) is 49.5 Å². The minimum absolute atomic E-state index is 0.170. The Hall–Kier alpha value is -0.390. The van der Waals surface area contributed by atoms with Crippen LogP contribution >= 0.6 is 15.9 Å². The average molecular weight is 318 g/mol. The summed E-state index contributed by atoms with van der Waals surface area (Å²) < 4.78 is 8.46. The van der Waals surface area contributed by atoms with Crippen LogP contribution < -0.4 is 5.73 Å². The Labute approximate surface area is 118 Å². The van der Waals surface area contributed by atoms with Crippen LogP contribution in [0.5, 0.6) is 0 Å². The Kier molecular flexibility index (Phi) is 6.89. The summed E-state index contributed by atoms with van der Waals surface area (Å²) >= 11 is 3.60. The molecule has 0 aliphatic heterocycles. The quantitative estimate of drug-likeness (QED) is 0.750. The molecule has 1 unspecified atom stereocenters. The molecule has 0 aliphatic carbocycles. The SMILES string of the molecule is CCOCCCC(N)Cc1c(Br)c(C)nn1CC. The molecule has 18 heavy (non-hydrogen) atoms. The van der Waals surface area contributed by atoms with Crippen molar-refractivity contribution in [2.75, 3.05) is 13.2 Å². The van der Waals surface area contributed by atoms with Gasteiger partial charge in [0, 0.05) is 32.2 Å². The van der Waals surface area contributed by atoms with E-state index in [1.54, 1.807) is 0 Å². The van der Waals surface area contributed by atoms with Crippen LogP contribution in [0.3, 0.4) is 0 Å². The molecule has 2 N–H and O–H groups in total. The summed E-state index contributed by atoms with van der Waals surface area (Å²) in [5, 5.41) is 4.48. The molecule has 0 radical (unpaired) electrons. The Morgan fingerprint density at radius 1 is 1.44 bits per heavy atom. The molecule has 5 heteroatoms. The topological polar surface area (TPSA) is 53.1 Å². The van der Waals surface area contributed by atoms with Crippen LogP contribution in [0.15, 0.2) is 4.47 Å². The molecule has 1 heterocycles. The zero-order chi connectivity index (χ0) is 13.5. The zero-order valence-electron chi connectivity index (χ0n) is 11.6. The zero-order valence-corrected chi connectivity index (χ0v) is 13.2. The van der Waals surface area contributed by atoms with Gasteiger partial charge in [-0.15, -0.1) is 0 Å². The number of halogens is 1. The Morgan fingerprint density at radius 2 is 2.17 bits per heavy atom. The monoisotopic (exact) mass is 317 g/mol. The molecule has 0 aromatic carbocycles. The van der Waals surface area contributed by atoms with E-state index < -0.39 is 0 Å². The van der Waals surface area contributed by atoms with Crippen LogP contribution in [0.4, 0.5) is 0 Å². The number of hydrogen-bond donors (Lipinski definition) is 1. The van der Waals surface area contributed by atoms with Crippen molar-refractivity contribution in [3.05, 3.63) is 15.9 Å². The number of aromatic nitrogens is 2. The highest BCUT2D eigenvalue weighted by molar-refractivity contribution is 9.10. The number of ether oxygens (including phenoxy) is 1. The summed E-state index contributed by atoms with van der Waals surface area (Å²) in [6, 6.07) is 0.170. The largest absolute Gasteiger partial charge is 0.382 e. The Morgan fingerprint density at radius 3 is 2.78 bits per heavy atom. The van der Waals surface area contributed by atoms with Gasteiger partial charge < -0.3 is 10.5 Å². The van der Waals surface area contributed by atoms with E-state index in [1.807, 2.05) is 18.5 Å². The predicted molar refractivity (Wildman–Crippen MR) is 77.7 cm³/mol. The molecule has 1 rings (SSSR count). The van der Waals surface area contributed by atoms with Gasteiger partial charge in [0.05, 0.1) is 15.9 Å². The molecule has 0 saturated carbocycles. The molecule has 4 nitrogen and oxygen atoms in total. The lowest BCUT2D eigenvalue weighted by Crippen LogP contribution is -2.25. The molecule has 0 fully saturated rings. The molecule has 0 bridgehead atoms. The summed E-state index contributed by atoms with van der Waals surface area (Å²) in [6.45, 7) is 8.59. The first kappa shape index (κ1) is 15.7. The van der Waals surface area contributed by atoms with Crippen molar-refractivity contribution >= 4 is 15.9 Å². The van der Waals surface area contributed by atoms with Crippen molar-refractivity contribution < 1.29 is 4.74 Å². The number of rotatable bonds is 8. The van der Waals surface area contributed by atoms with E-state index in [1.165, 1.54) is 5.69 Å². The minimum Gasteiger partial charge on any atom is -0.382 e. The normalized spacial score (nSPS) is 12.9. The van der Waals surface area contributed by atoms with Crippen LogP contribution in [0.25, 0.3) is 0 Å². The summed E-state index contributed by atoms with van der Waals surface area (Å²) in [5.41, 5.74) is 8.42. The second-order valence-electron chi connectivity index (χ2n) is 4.47. The third-order valence-corrected chi connectivity index (χ3v) is 4.01. The third-order valence-electron chi connectivity index (χ3n) is 2.98. The van der Waals surface area contributed by atoms with Gasteiger partial charge in [-0.1, -0.05) is 0 Å². The standard InChI is InChI=1S/C13H24BrN3O/c1-4-17-12(13(14)10(3)16-17)9-11(15)7-6-8-18-5-2/h11H,4-9,15H2,1-3H3. The van der Waals surface area contributed by atoms with Gasteiger partial charge in [0.2, 0.25) is 0 Å². The number of aryl methyl sites for hydroxylation is 2. The first-order valence-corrected chi connectivity index (χ1v) is 7.44. The second kappa shape index (κ2) is 7.92. The van der Waals surface area contributed by atoms with Gasteiger partial charge in [0.15, 0.2) is 0 Å². The molecule has 0 aliphatic rings. The van der Waals surface area contributed by atoms with Gasteiger partial charge in [-0.2, -0.15) is 5.10 Å². The molecule has 0 saturated heterocycles. The number of hydrogen-bond acceptors (Lipinski definition) is 3. The van der Waals surface area contributed by atoms with E-state index in [4.69, 9.17) is 10.5 Å². The van der Waals surface area contributed by atoms with Crippen LogP contribution in [-0.4, -0.2) is 29.0 Å². The van der Waals surface area contributed by atoms with Crippen molar-refractivity contribution in [2.24, 2.45) is 5.73 Å². The van der Waals surface area contributed by atoms with E-state index in [0.717, 1.165) is 49.2 Å². The van der Waals surface area contributed by atoms with Crippen molar-refractivity contribution in [3.8, 4) is 0 Å². The van der Waals surface area contributed by atoms with Crippen molar-refractivity contribution in [2.45, 2.75) is 52.6 Å². The highest BCUT2D eigenvalue weighted by Gasteiger charge is 2.15. The highest BCUT2D eigenvalue weighted by atomic mass is 79.9. The smallest absolute Gasteiger partial charge is 0.0738 e. The lowest BCUT2D eigenvalue weighted by molar-refractivity contribution is 0.142. The van der Waals surface area contributed by atoms with Crippen molar-refractivity contribution in [1.29, 1.82) is 0 Å². The van der Waals surface area contributed by atoms with Crippen LogP contribution in [0.2, 0.25) is 0 Å². The molecular weight excluding hydrogens is 294 g/mol. The van der Waals surface area contributed by atoms with Crippen LogP contribution in [0.1, 0.15) is 38.1 Å². The van der Waals surface area contributed by atoms with Gasteiger partial charge in [-0.25, -0.2) is 0 Å². The van der Waals surface area contributed by atoms with Gasteiger partial charge in [0.1, 0.15) is 0 Å². The molecule has 104 valence electrons. The highest BCUT2D eigenvalue weighted by Crippen LogP contribution is 2.22. The first-order chi connectivity index (χ1) is 8.60. The van der Waals surface area contributed by atoms with E-state index in [-0.39, 0.29) is 6.04 Å². The third kappa shape index (κ3) is 4.37. The summed E-state index contributed by atoms with van der Waals surface area (Å²) in [5.74, 6) is 0. The van der Waals surface area contributed by atoms with Gasteiger partial charge in [-0.3, -0.25) is 4.68 Å². The second-order valence-corrected chi connectivity index (χ2v) is 5.26. The fourth-order valence-electron chi connectivity index (χ4n) is 2.01. The average Bonchev–Trinajstić information content (AvgIpc) is 2.62. The van der Waals surface area contributed by atoms with Gasteiger partial charge in [0.25, 0.3) is 0 Å². The van der Waals surface area contributed by atoms with E-state index in [2.05, 4.69) is 28.0 Å². The lowest BCUT2D eigenvalue weighted by atomic mass is 10.1. The van der Waals surface area contributed by atoms with E-state index in [0.29, 0.717) is 0 Å². The molecule has 1 atom stereocenters. The minimum atomic E-state index is 0.170. The van der Waals surface area contributed by atoms with Crippen LogP contribution in [0, 0.1) is 6.92 Å². The molecule has 0 spiro atoms. The fourth-order valence-corrected chi connectivity index (χ4v) is 2.45. The predicted octanol–water partition coefficient (Wildman–Crippen LogP) is 2.66. The number of nitrogens with two attached hydrogens (primary N) is 1. The Balaban J connectivity index is 2.50. The van der Waals surface area contributed by atoms with Crippen molar-refractivity contribution in [3.63, 3.8) is 0 Å². The van der Waals surface area contributed by atoms with E-state index in [9.17, 15) is 0 Å². The van der Waals surface area contributed by atoms with Gasteiger partial charge >= 0.3 is 0 Å². The summed E-state index contributed by atoms with van der Waals surface area (Å²) in [4.78, 5) is 0. The van der Waals surface area contributed by atoms with Crippen molar-refractivity contribution in [1.82, 2.24) is 9.78 Å². The Bertz CT molecular complexity index is 365. The van der Waals surface area contributed by atoms with E-state index >= 15 is 0 Å². The maximum atomic E-state index is 6.17. The molecule has 0 amide bonds. The molecular formula is C13H24BrN3O. The maximum absolute atomic E-state index is 6.17. The number of nitrogens with zero attached hydrogens (tertiary/aromatic N) is 2. The molecule has 1 aromatic heterocycles. The fraction of sp³-hybridized carbons (Fsp3) is 0.769. The van der Waals surface area contributed by atoms with Crippen LogP contribution in [-0.2, 0) is 17.7 Å². The molecule has 1 aromatic rings. The summed E-state index contributed by atoms with van der Waals surface area (Å²) in [6.07, 6.45) is 2.87. The lowest BCUT2D eigenvalue weighted by Gasteiger charge is -2.13. The maximum Gasteiger partial charge on any atom is 0.0738 e. The first-order valence-electron chi connectivity index (χ1n) is 6.65.